The van der Waals surface area contributed by atoms with E-state index in [2.05, 4.69) is 16.9 Å². The highest BCUT2D eigenvalue weighted by Crippen LogP contribution is 2.28. The lowest BCUT2D eigenvalue weighted by Gasteiger charge is -2.11. The van der Waals surface area contributed by atoms with E-state index in [-0.39, 0.29) is 35.0 Å². The second kappa shape index (κ2) is 8.62. The Morgan fingerprint density at radius 3 is 2.76 bits per heavy atom. The van der Waals surface area contributed by atoms with Crippen LogP contribution in [0.5, 0.6) is 0 Å². The second-order valence-corrected chi connectivity index (χ2v) is 8.40. The van der Waals surface area contributed by atoms with Crippen molar-refractivity contribution in [2.75, 3.05) is 11.1 Å². The van der Waals surface area contributed by atoms with Gasteiger partial charge in [-0.1, -0.05) is 30.0 Å². The van der Waals surface area contributed by atoms with E-state index in [9.17, 15) is 19.5 Å². The molecule has 1 aromatic carbocycles. The van der Waals surface area contributed by atoms with E-state index < -0.39 is 5.97 Å². The van der Waals surface area contributed by atoms with Gasteiger partial charge in [0.2, 0.25) is 5.91 Å². The Morgan fingerprint density at radius 2 is 2.07 bits per heavy atom. The van der Waals surface area contributed by atoms with Crippen LogP contribution in [0.25, 0.3) is 10.2 Å². The lowest BCUT2D eigenvalue weighted by molar-refractivity contribution is -0.113. The fourth-order valence-corrected chi connectivity index (χ4v) is 4.68. The van der Waals surface area contributed by atoms with Crippen molar-refractivity contribution in [2.45, 2.75) is 25.5 Å². The van der Waals surface area contributed by atoms with Crippen LogP contribution in [0.1, 0.15) is 20.8 Å². The van der Waals surface area contributed by atoms with Crippen molar-refractivity contribution in [1.29, 1.82) is 0 Å². The number of thioether (sulfide) groups is 1. The molecule has 9 heteroatoms. The number of aromatic nitrogens is 2. The first-order valence-corrected chi connectivity index (χ1v) is 10.5. The molecule has 0 spiro atoms. The Bertz CT molecular complexity index is 1180. The minimum absolute atomic E-state index is 0.0125. The Labute approximate surface area is 175 Å². The highest BCUT2D eigenvalue weighted by atomic mass is 32.2. The van der Waals surface area contributed by atoms with Gasteiger partial charge in [-0.15, -0.1) is 17.9 Å². The maximum Gasteiger partial charge on any atom is 0.337 e. The monoisotopic (exact) mass is 429 g/mol. The average Bonchev–Trinajstić information content (AvgIpc) is 2.97. The standard InChI is InChI=1S/C20H19N3O4S2/c1-4-9-23-18(25)16-11(2)12(3)29-17(16)22-20(23)28-10-15(24)21-14-8-6-5-7-13(14)19(26)27/h4-8H,1,9-10H2,2-3H3,(H,21,24)(H,26,27). The number of hydrogen-bond donors (Lipinski definition) is 2. The van der Waals surface area contributed by atoms with Crippen LogP contribution in [-0.4, -0.2) is 32.3 Å². The van der Waals surface area contributed by atoms with Gasteiger partial charge in [-0.2, -0.15) is 0 Å². The summed E-state index contributed by atoms with van der Waals surface area (Å²) >= 11 is 2.57. The molecule has 2 aromatic heterocycles. The highest BCUT2D eigenvalue weighted by molar-refractivity contribution is 7.99. The molecule has 0 fully saturated rings. The Hall–Kier alpha value is -2.91. The van der Waals surface area contributed by atoms with Crippen LogP contribution in [0, 0.1) is 13.8 Å². The number of nitrogens with zero attached hydrogens (tertiary/aromatic N) is 2. The van der Waals surface area contributed by atoms with Crippen molar-refractivity contribution in [2.24, 2.45) is 0 Å². The van der Waals surface area contributed by atoms with Gasteiger partial charge in [0, 0.05) is 11.4 Å². The first-order chi connectivity index (χ1) is 13.8. The number of carbonyl (C=O) groups is 2. The van der Waals surface area contributed by atoms with E-state index in [0.29, 0.717) is 15.4 Å². The molecule has 0 aliphatic heterocycles. The molecule has 0 unspecified atom stereocenters. The van der Waals surface area contributed by atoms with Gasteiger partial charge in [0.25, 0.3) is 5.56 Å². The van der Waals surface area contributed by atoms with Crippen molar-refractivity contribution < 1.29 is 14.7 Å². The number of aromatic carboxylic acids is 1. The third-order valence-corrected chi connectivity index (χ3v) is 6.41. The molecule has 0 aliphatic carbocycles. The van der Waals surface area contributed by atoms with Crippen LogP contribution in [0.3, 0.4) is 0 Å². The van der Waals surface area contributed by atoms with Crippen molar-refractivity contribution in [3.63, 3.8) is 0 Å². The molecule has 3 aromatic rings. The Kier molecular flexibility index (Phi) is 6.19. The number of carbonyl (C=O) groups excluding carboxylic acids is 1. The number of aryl methyl sites for hydroxylation is 2. The van der Waals surface area contributed by atoms with E-state index in [1.807, 2.05) is 13.8 Å². The first-order valence-electron chi connectivity index (χ1n) is 8.70. The van der Waals surface area contributed by atoms with Crippen molar-refractivity contribution in [3.8, 4) is 0 Å². The summed E-state index contributed by atoms with van der Waals surface area (Å²) in [6.07, 6.45) is 1.61. The third-order valence-electron chi connectivity index (χ3n) is 4.33. The molecule has 0 aliphatic rings. The van der Waals surface area contributed by atoms with Gasteiger partial charge in [-0.05, 0) is 31.5 Å². The summed E-state index contributed by atoms with van der Waals surface area (Å²) in [6, 6.07) is 6.19. The van der Waals surface area contributed by atoms with Crippen LogP contribution in [-0.2, 0) is 11.3 Å². The minimum atomic E-state index is -1.12. The number of thiophene rings is 1. The number of hydrogen-bond acceptors (Lipinski definition) is 6. The number of allylic oxidation sites excluding steroid dienone is 1. The maximum atomic E-state index is 12.9. The molecule has 150 valence electrons. The molecule has 2 heterocycles. The third kappa shape index (κ3) is 4.25. The van der Waals surface area contributed by atoms with Crippen LogP contribution in [0.4, 0.5) is 5.69 Å². The zero-order chi connectivity index (χ0) is 21.1. The van der Waals surface area contributed by atoms with Gasteiger partial charge in [0.15, 0.2) is 5.16 Å². The van der Waals surface area contributed by atoms with Gasteiger partial charge >= 0.3 is 5.97 Å². The van der Waals surface area contributed by atoms with Crippen LogP contribution < -0.4 is 10.9 Å². The van der Waals surface area contributed by atoms with Gasteiger partial charge < -0.3 is 10.4 Å². The predicted molar refractivity (Wildman–Crippen MR) is 116 cm³/mol. The second-order valence-electron chi connectivity index (χ2n) is 6.25. The van der Waals surface area contributed by atoms with E-state index >= 15 is 0 Å². The first kappa shape index (κ1) is 20.8. The maximum absolute atomic E-state index is 12.9. The summed E-state index contributed by atoms with van der Waals surface area (Å²) in [5.41, 5.74) is 0.997. The van der Waals surface area contributed by atoms with Crippen LogP contribution in [0.15, 0.2) is 46.9 Å². The van der Waals surface area contributed by atoms with E-state index in [1.54, 1.807) is 18.2 Å². The van der Waals surface area contributed by atoms with Gasteiger partial charge in [0.1, 0.15) is 4.83 Å². The topological polar surface area (TPSA) is 101 Å². The number of fused-ring (bicyclic) bond motifs is 1. The van der Waals surface area contributed by atoms with Crippen LogP contribution >= 0.6 is 23.1 Å². The average molecular weight is 430 g/mol. The summed E-state index contributed by atoms with van der Waals surface area (Å²) in [6.45, 7) is 7.82. The number of nitrogens with one attached hydrogen (secondary N) is 1. The molecule has 0 radical (unpaired) electrons. The number of rotatable bonds is 7. The molecular weight excluding hydrogens is 410 g/mol. The van der Waals surface area contributed by atoms with E-state index in [1.165, 1.54) is 28.0 Å². The van der Waals surface area contributed by atoms with Crippen molar-refractivity contribution in [1.82, 2.24) is 9.55 Å². The Morgan fingerprint density at radius 1 is 1.34 bits per heavy atom. The summed E-state index contributed by atoms with van der Waals surface area (Å²) < 4.78 is 1.50. The number of anilines is 1. The fourth-order valence-electron chi connectivity index (χ4n) is 2.80. The van der Waals surface area contributed by atoms with Gasteiger partial charge in [-0.25, -0.2) is 9.78 Å². The summed E-state index contributed by atoms with van der Waals surface area (Å²) in [4.78, 5) is 42.8. The molecule has 1 amide bonds. The molecule has 0 bridgehead atoms. The lowest BCUT2D eigenvalue weighted by Crippen LogP contribution is -2.24. The quantitative estimate of drug-likeness (QED) is 0.337. The van der Waals surface area contributed by atoms with E-state index in [4.69, 9.17) is 0 Å². The molecule has 7 nitrogen and oxygen atoms in total. The normalized spacial score (nSPS) is 10.8. The predicted octanol–water partition coefficient (Wildman–Crippen LogP) is 3.69. The number of carboxylic acids is 1. The number of para-hydroxylation sites is 1. The zero-order valence-electron chi connectivity index (χ0n) is 15.9. The molecule has 2 N–H and O–H groups in total. The van der Waals surface area contributed by atoms with Crippen LogP contribution in [0.2, 0.25) is 0 Å². The zero-order valence-corrected chi connectivity index (χ0v) is 17.5. The molecule has 0 saturated heterocycles. The fraction of sp³-hybridized carbons (Fsp3) is 0.200. The van der Waals surface area contributed by atoms with Crippen molar-refractivity contribution in [3.05, 3.63) is 63.3 Å². The highest BCUT2D eigenvalue weighted by Gasteiger charge is 2.18. The number of carboxylic acid groups (broad SMARTS) is 1. The van der Waals surface area contributed by atoms with Crippen molar-refractivity contribution >= 4 is 50.9 Å². The largest absolute Gasteiger partial charge is 0.478 e. The summed E-state index contributed by atoms with van der Waals surface area (Å²) in [5, 5.41) is 12.8. The molecule has 0 atom stereocenters. The smallest absolute Gasteiger partial charge is 0.337 e. The lowest BCUT2D eigenvalue weighted by atomic mass is 10.2. The Balaban J connectivity index is 1.86. The van der Waals surface area contributed by atoms with Gasteiger partial charge in [0.05, 0.1) is 22.4 Å². The molecule has 0 saturated carbocycles. The number of benzene rings is 1. The SMILES string of the molecule is C=CCn1c(SCC(=O)Nc2ccccc2C(=O)O)nc2sc(C)c(C)c2c1=O. The minimum Gasteiger partial charge on any atom is -0.478 e. The molecule has 29 heavy (non-hydrogen) atoms. The van der Waals surface area contributed by atoms with E-state index in [0.717, 1.165) is 22.2 Å². The number of amides is 1. The molecule has 3 rings (SSSR count). The summed E-state index contributed by atoms with van der Waals surface area (Å²) in [7, 11) is 0. The summed E-state index contributed by atoms with van der Waals surface area (Å²) in [5.74, 6) is -1.53. The van der Waals surface area contributed by atoms with Gasteiger partial charge in [-0.3, -0.25) is 14.2 Å². The molecular formula is C20H19N3O4S2.